The van der Waals surface area contributed by atoms with Crippen molar-refractivity contribution in [2.45, 2.75) is 0 Å². The number of carbonyl (C=O) groups excluding carboxylic acids is 1. The summed E-state index contributed by atoms with van der Waals surface area (Å²) in [6.45, 7) is 0. The number of carbonyl (C=O) groups is 1. The van der Waals surface area contributed by atoms with Gasteiger partial charge >= 0.3 is 0 Å². The van der Waals surface area contributed by atoms with E-state index in [1.807, 2.05) is 0 Å². The van der Waals surface area contributed by atoms with E-state index >= 15 is 0 Å². The summed E-state index contributed by atoms with van der Waals surface area (Å²) in [6.07, 6.45) is 1.46. The number of fused-ring (bicyclic) bond motifs is 1. The number of aromatic nitrogens is 2. The highest BCUT2D eigenvalue weighted by molar-refractivity contribution is 6.31. The van der Waals surface area contributed by atoms with E-state index in [4.69, 9.17) is 21.1 Å². The molecule has 0 aliphatic carbocycles. The first-order valence-corrected chi connectivity index (χ1v) is 9.35. The molecule has 9 heteroatoms. The van der Waals surface area contributed by atoms with Crippen LogP contribution < -0.4 is 14.8 Å². The molecule has 1 amide bonds. The lowest BCUT2D eigenvalue weighted by molar-refractivity contribution is 0.102. The minimum atomic E-state index is -1.20. The number of anilines is 1. The molecule has 31 heavy (non-hydrogen) atoms. The fraction of sp³-hybridized carbons (Fsp3) is 0.0455. The Morgan fingerprint density at radius 1 is 1.06 bits per heavy atom. The molecule has 0 fully saturated rings. The standard InChI is InChI=1S/C22H14ClF2N3O3/c1-30-20-11-26-17-6-5-15(10-18(17)28-20)31-19-9-14(8-16(24)21(19)25)27-22(29)12-3-2-4-13(23)7-12/h2-11H,1H3,(H,27,29). The maximum absolute atomic E-state index is 14.3. The summed E-state index contributed by atoms with van der Waals surface area (Å²) >= 11 is 5.89. The van der Waals surface area contributed by atoms with Crippen LogP contribution in [0.1, 0.15) is 10.4 Å². The SMILES string of the molecule is COc1cnc2ccc(Oc3cc(NC(=O)c4cccc(Cl)c4)cc(F)c3F)cc2n1. The van der Waals surface area contributed by atoms with Gasteiger partial charge < -0.3 is 14.8 Å². The topological polar surface area (TPSA) is 73.3 Å². The molecule has 0 spiro atoms. The molecule has 0 atom stereocenters. The van der Waals surface area contributed by atoms with Crippen molar-refractivity contribution in [2.24, 2.45) is 0 Å². The maximum atomic E-state index is 14.3. The van der Waals surface area contributed by atoms with Gasteiger partial charge in [-0.05, 0) is 30.3 Å². The fourth-order valence-electron chi connectivity index (χ4n) is 2.81. The number of hydrogen-bond acceptors (Lipinski definition) is 5. The average molecular weight is 442 g/mol. The lowest BCUT2D eigenvalue weighted by Gasteiger charge is -2.11. The molecule has 0 saturated carbocycles. The summed E-state index contributed by atoms with van der Waals surface area (Å²) in [4.78, 5) is 20.8. The Kier molecular flexibility index (Phi) is 5.64. The van der Waals surface area contributed by atoms with Gasteiger partial charge in [0.15, 0.2) is 11.6 Å². The number of nitrogens with zero attached hydrogens (tertiary/aromatic N) is 2. The van der Waals surface area contributed by atoms with E-state index in [9.17, 15) is 13.6 Å². The van der Waals surface area contributed by atoms with Crippen LogP contribution in [0.25, 0.3) is 11.0 Å². The van der Waals surface area contributed by atoms with Crippen molar-refractivity contribution in [3.63, 3.8) is 0 Å². The average Bonchev–Trinajstić information content (AvgIpc) is 2.76. The van der Waals surface area contributed by atoms with Gasteiger partial charge in [-0.1, -0.05) is 17.7 Å². The Morgan fingerprint density at radius 3 is 2.68 bits per heavy atom. The number of methoxy groups -OCH3 is 1. The summed E-state index contributed by atoms with van der Waals surface area (Å²) in [5.41, 5.74) is 1.30. The molecule has 3 aromatic carbocycles. The molecule has 4 rings (SSSR count). The van der Waals surface area contributed by atoms with Crippen LogP contribution in [0, 0.1) is 11.6 Å². The molecular weight excluding hydrogens is 428 g/mol. The van der Waals surface area contributed by atoms with Crippen molar-refractivity contribution in [3.8, 4) is 17.4 Å². The quantitative estimate of drug-likeness (QED) is 0.435. The molecule has 6 nitrogen and oxygen atoms in total. The van der Waals surface area contributed by atoms with Crippen molar-refractivity contribution in [1.82, 2.24) is 9.97 Å². The highest BCUT2D eigenvalue weighted by Crippen LogP contribution is 2.31. The monoisotopic (exact) mass is 441 g/mol. The van der Waals surface area contributed by atoms with Gasteiger partial charge in [0.1, 0.15) is 5.75 Å². The number of amides is 1. The predicted molar refractivity (Wildman–Crippen MR) is 112 cm³/mol. The van der Waals surface area contributed by atoms with E-state index in [-0.39, 0.29) is 17.0 Å². The van der Waals surface area contributed by atoms with Crippen LogP contribution in [0.3, 0.4) is 0 Å². The molecule has 1 heterocycles. The summed E-state index contributed by atoms with van der Waals surface area (Å²) in [5, 5.41) is 2.87. The Bertz CT molecular complexity index is 1300. The molecule has 1 aromatic heterocycles. The minimum absolute atomic E-state index is 0.0149. The Hall–Kier alpha value is -3.78. The summed E-state index contributed by atoms with van der Waals surface area (Å²) in [6, 6.07) is 12.9. The zero-order chi connectivity index (χ0) is 22.0. The van der Waals surface area contributed by atoms with E-state index in [0.717, 1.165) is 6.07 Å². The van der Waals surface area contributed by atoms with E-state index < -0.39 is 23.3 Å². The predicted octanol–water partition coefficient (Wildman–Crippen LogP) is 5.61. The zero-order valence-electron chi connectivity index (χ0n) is 16.0. The van der Waals surface area contributed by atoms with Crippen LogP contribution in [0.5, 0.6) is 17.4 Å². The highest BCUT2D eigenvalue weighted by atomic mass is 35.5. The smallest absolute Gasteiger partial charge is 0.255 e. The van der Waals surface area contributed by atoms with Crippen molar-refractivity contribution >= 4 is 34.2 Å². The second kappa shape index (κ2) is 8.53. The van der Waals surface area contributed by atoms with Crippen LogP contribution in [0.4, 0.5) is 14.5 Å². The molecule has 156 valence electrons. The minimum Gasteiger partial charge on any atom is -0.480 e. The first-order valence-electron chi connectivity index (χ1n) is 8.97. The van der Waals surface area contributed by atoms with Gasteiger partial charge in [-0.2, -0.15) is 4.39 Å². The number of rotatable bonds is 5. The molecule has 0 radical (unpaired) electrons. The molecule has 0 saturated heterocycles. The van der Waals surface area contributed by atoms with Crippen molar-refractivity contribution in [3.05, 3.63) is 83.0 Å². The van der Waals surface area contributed by atoms with E-state index in [2.05, 4.69) is 15.3 Å². The first-order chi connectivity index (χ1) is 14.9. The molecule has 0 aliphatic rings. The lowest BCUT2D eigenvalue weighted by atomic mass is 10.2. The molecule has 4 aromatic rings. The largest absolute Gasteiger partial charge is 0.480 e. The van der Waals surface area contributed by atoms with Crippen molar-refractivity contribution in [1.29, 1.82) is 0 Å². The Balaban J connectivity index is 1.62. The summed E-state index contributed by atoms with van der Waals surface area (Å²) in [7, 11) is 1.46. The van der Waals surface area contributed by atoms with Crippen LogP contribution in [0.15, 0.2) is 60.8 Å². The van der Waals surface area contributed by atoms with Gasteiger partial charge in [-0.3, -0.25) is 4.79 Å². The zero-order valence-corrected chi connectivity index (χ0v) is 16.8. The second-order valence-electron chi connectivity index (χ2n) is 6.40. The van der Waals surface area contributed by atoms with Crippen LogP contribution in [0.2, 0.25) is 5.02 Å². The third-order valence-electron chi connectivity index (χ3n) is 4.27. The van der Waals surface area contributed by atoms with E-state index in [1.165, 1.54) is 37.6 Å². The van der Waals surface area contributed by atoms with E-state index in [0.29, 0.717) is 21.9 Å². The van der Waals surface area contributed by atoms with Crippen molar-refractivity contribution in [2.75, 3.05) is 12.4 Å². The van der Waals surface area contributed by atoms with Crippen molar-refractivity contribution < 1.29 is 23.0 Å². The normalized spacial score (nSPS) is 10.7. The number of benzene rings is 3. The third-order valence-corrected chi connectivity index (χ3v) is 4.50. The Labute approximate surface area is 180 Å². The van der Waals surface area contributed by atoms with Gasteiger partial charge in [0.2, 0.25) is 11.7 Å². The molecular formula is C22H14ClF2N3O3. The van der Waals surface area contributed by atoms with Gasteiger partial charge in [0, 0.05) is 34.5 Å². The van der Waals surface area contributed by atoms with E-state index in [1.54, 1.807) is 24.3 Å². The second-order valence-corrected chi connectivity index (χ2v) is 6.84. The van der Waals surface area contributed by atoms with Crippen LogP contribution in [-0.4, -0.2) is 23.0 Å². The maximum Gasteiger partial charge on any atom is 0.255 e. The molecule has 0 unspecified atom stereocenters. The van der Waals surface area contributed by atoms with Gasteiger partial charge in [0.25, 0.3) is 5.91 Å². The van der Waals surface area contributed by atoms with Gasteiger partial charge in [0.05, 0.1) is 24.3 Å². The molecule has 0 aliphatic heterocycles. The fourth-order valence-corrected chi connectivity index (χ4v) is 3.00. The number of ether oxygens (including phenoxy) is 2. The number of halogens is 3. The molecule has 0 bridgehead atoms. The Morgan fingerprint density at radius 2 is 1.90 bits per heavy atom. The van der Waals surface area contributed by atoms with Gasteiger partial charge in [-0.25, -0.2) is 14.4 Å². The molecule has 1 N–H and O–H groups in total. The first kappa shape index (κ1) is 20.5. The third kappa shape index (κ3) is 4.54. The lowest BCUT2D eigenvalue weighted by Crippen LogP contribution is -2.12. The van der Waals surface area contributed by atoms with Crippen LogP contribution >= 0.6 is 11.6 Å². The summed E-state index contributed by atoms with van der Waals surface area (Å²) < 4.78 is 39.0. The van der Waals surface area contributed by atoms with Gasteiger partial charge in [-0.15, -0.1) is 0 Å². The number of nitrogens with one attached hydrogen (secondary N) is 1. The van der Waals surface area contributed by atoms with Crippen LogP contribution in [-0.2, 0) is 0 Å². The summed E-state index contributed by atoms with van der Waals surface area (Å²) in [5.74, 6) is -2.82. The number of hydrogen-bond donors (Lipinski definition) is 1. The highest BCUT2D eigenvalue weighted by Gasteiger charge is 2.16.